The number of nitrogens with one attached hydrogen (secondary N) is 1. The Morgan fingerprint density at radius 2 is 2.44 bits per heavy atom. The zero-order chi connectivity index (χ0) is 6.27. The Morgan fingerprint density at radius 1 is 1.56 bits per heavy atom. The number of amides is 1. The molecule has 1 N–H and O–H groups in total. The first kappa shape index (κ1) is 5.05. The van der Waals surface area contributed by atoms with Crippen LogP contribution in [0, 0.1) is 0 Å². The minimum atomic E-state index is -0.312. The van der Waals surface area contributed by atoms with Gasteiger partial charge in [-0.05, 0) is 0 Å². The standard InChI is InChI=1S/C5H7NO3/c7-5-6-3-1-8-2-4(3)9-5/h3-4H,1-2H2,(H,6,7)/t3-,4-/m1/s1. The molecule has 0 aliphatic carbocycles. The Labute approximate surface area is 52.1 Å². The van der Waals surface area contributed by atoms with Crippen molar-refractivity contribution in [2.75, 3.05) is 13.2 Å². The summed E-state index contributed by atoms with van der Waals surface area (Å²) in [7, 11) is 0. The third kappa shape index (κ3) is 0.666. The van der Waals surface area contributed by atoms with E-state index in [9.17, 15) is 4.79 Å². The van der Waals surface area contributed by atoms with Gasteiger partial charge in [0.05, 0.1) is 19.3 Å². The van der Waals surface area contributed by atoms with Crippen molar-refractivity contribution in [2.24, 2.45) is 0 Å². The minimum Gasteiger partial charge on any atom is -0.441 e. The smallest absolute Gasteiger partial charge is 0.408 e. The van der Waals surface area contributed by atoms with Crippen molar-refractivity contribution in [3.63, 3.8) is 0 Å². The summed E-state index contributed by atoms with van der Waals surface area (Å²) in [5.74, 6) is 0. The van der Waals surface area contributed by atoms with E-state index in [2.05, 4.69) is 5.32 Å². The van der Waals surface area contributed by atoms with E-state index in [-0.39, 0.29) is 18.2 Å². The van der Waals surface area contributed by atoms with Gasteiger partial charge in [0.1, 0.15) is 6.10 Å². The van der Waals surface area contributed by atoms with Crippen molar-refractivity contribution in [3.8, 4) is 0 Å². The average Bonchev–Trinajstić information content (AvgIpc) is 2.22. The highest BCUT2D eigenvalue weighted by Crippen LogP contribution is 2.15. The minimum absolute atomic E-state index is 0.0301. The lowest BCUT2D eigenvalue weighted by molar-refractivity contribution is 0.101. The highest BCUT2D eigenvalue weighted by molar-refractivity contribution is 5.70. The molecule has 0 spiro atoms. The maximum absolute atomic E-state index is 10.5. The van der Waals surface area contributed by atoms with Gasteiger partial charge >= 0.3 is 6.09 Å². The molecule has 2 aliphatic heterocycles. The first-order valence-electron chi connectivity index (χ1n) is 2.91. The van der Waals surface area contributed by atoms with Crippen LogP contribution in [-0.2, 0) is 9.47 Å². The van der Waals surface area contributed by atoms with Gasteiger partial charge in [-0.1, -0.05) is 0 Å². The highest BCUT2D eigenvalue weighted by Gasteiger charge is 2.38. The molecular weight excluding hydrogens is 122 g/mol. The van der Waals surface area contributed by atoms with Crippen LogP contribution in [0.25, 0.3) is 0 Å². The summed E-state index contributed by atoms with van der Waals surface area (Å²) >= 11 is 0. The molecule has 0 radical (unpaired) electrons. The van der Waals surface area contributed by atoms with E-state index in [1.165, 1.54) is 0 Å². The molecule has 2 heterocycles. The van der Waals surface area contributed by atoms with Gasteiger partial charge in [-0.2, -0.15) is 0 Å². The van der Waals surface area contributed by atoms with Gasteiger partial charge in [-0.3, -0.25) is 0 Å². The van der Waals surface area contributed by atoms with Crippen LogP contribution >= 0.6 is 0 Å². The monoisotopic (exact) mass is 129 g/mol. The molecule has 2 atom stereocenters. The predicted octanol–water partition coefficient (Wildman–Crippen LogP) is -0.506. The van der Waals surface area contributed by atoms with Gasteiger partial charge in [0.2, 0.25) is 0 Å². The van der Waals surface area contributed by atoms with Crippen molar-refractivity contribution < 1.29 is 14.3 Å². The molecule has 4 heteroatoms. The maximum atomic E-state index is 10.5. The van der Waals surface area contributed by atoms with Crippen LogP contribution in [0.2, 0.25) is 0 Å². The van der Waals surface area contributed by atoms with Crippen molar-refractivity contribution in [2.45, 2.75) is 12.1 Å². The van der Waals surface area contributed by atoms with E-state index in [4.69, 9.17) is 9.47 Å². The van der Waals surface area contributed by atoms with Gasteiger partial charge in [0.15, 0.2) is 0 Å². The molecule has 2 rings (SSSR count). The summed E-state index contributed by atoms with van der Waals surface area (Å²) in [6, 6.07) is 0.109. The molecule has 2 aliphatic rings. The van der Waals surface area contributed by atoms with Gasteiger partial charge in [0, 0.05) is 0 Å². The lowest BCUT2D eigenvalue weighted by Crippen LogP contribution is -2.29. The summed E-state index contributed by atoms with van der Waals surface area (Å²) in [5, 5.41) is 2.63. The lowest BCUT2D eigenvalue weighted by Gasteiger charge is -1.99. The molecule has 2 saturated heterocycles. The number of rotatable bonds is 0. The van der Waals surface area contributed by atoms with E-state index < -0.39 is 0 Å². The largest absolute Gasteiger partial charge is 0.441 e. The number of fused-ring (bicyclic) bond motifs is 1. The molecule has 50 valence electrons. The van der Waals surface area contributed by atoms with Crippen LogP contribution in [-0.4, -0.2) is 31.5 Å². The lowest BCUT2D eigenvalue weighted by atomic mass is 10.2. The summed E-state index contributed by atoms with van der Waals surface area (Å²) in [6.45, 7) is 1.14. The number of carbonyl (C=O) groups is 1. The predicted molar refractivity (Wildman–Crippen MR) is 28.0 cm³/mol. The number of alkyl carbamates (subject to hydrolysis) is 1. The molecule has 0 unspecified atom stereocenters. The molecule has 0 bridgehead atoms. The van der Waals surface area contributed by atoms with Crippen LogP contribution in [0.15, 0.2) is 0 Å². The normalized spacial score (nSPS) is 39.8. The second-order valence-corrected chi connectivity index (χ2v) is 2.23. The molecule has 0 aromatic carbocycles. The average molecular weight is 129 g/mol. The fraction of sp³-hybridized carbons (Fsp3) is 0.800. The van der Waals surface area contributed by atoms with E-state index in [1.807, 2.05) is 0 Å². The fourth-order valence-electron chi connectivity index (χ4n) is 1.11. The summed E-state index contributed by atoms with van der Waals surface area (Å²) in [5.41, 5.74) is 0. The Hall–Kier alpha value is -0.770. The summed E-state index contributed by atoms with van der Waals surface area (Å²) in [6.07, 6.45) is -0.342. The SMILES string of the molecule is O=C1N[C@@H]2COC[C@H]2O1. The molecular formula is C5H7NO3. The van der Waals surface area contributed by atoms with Gasteiger partial charge in [-0.15, -0.1) is 0 Å². The van der Waals surface area contributed by atoms with E-state index in [0.29, 0.717) is 13.2 Å². The molecule has 0 aromatic heterocycles. The van der Waals surface area contributed by atoms with E-state index in [1.54, 1.807) is 0 Å². The molecule has 9 heavy (non-hydrogen) atoms. The maximum Gasteiger partial charge on any atom is 0.408 e. The van der Waals surface area contributed by atoms with Crippen LogP contribution in [0.1, 0.15) is 0 Å². The summed E-state index contributed by atoms with van der Waals surface area (Å²) < 4.78 is 9.83. The van der Waals surface area contributed by atoms with Crippen LogP contribution in [0.5, 0.6) is 0 Å². The number of ether oxygens (including phenoxy) is 2. The van der Waals surface area contributed by atoms with Gasteiger partial charge in [-0.25, -0.2) is 4.79 Å². The molecule has 2 fully saturated rings. The Morgan fingerprint density at radius 3 is 3.22 bits per heavy atom. The second kappa shape index (κ2) is 1.60. The van der Waals surface area contributed by atoms with Crippen molar-refractivity contribution in [1.82, 2.24) is 5.32 Å². The molecule has 0 aromatic rings. The third-order valence-corrected chi connectivity index (χ3v) is 1.59. The zero-order valence-electron chi connectivity index (χ0n) is 4.79. The van der Waals surface area contributed by atoms with Crippen molar-refractivity contribution in [1.29, 1.82) is 0 Å². The third-order valence-electron chi connectivity index (χ3n) is 1.59. The summed E-state index contributed by atoms with van der Waals surface area (Å²) in [4.78, 5) is 10.5. The van der Waals surface area contributed by atoms with Gasteiger partial charge < -0.3 is 14.8 Å². The Bertz CT molecular complexity index is 133. The molecule has 4 nitrogen and oxygen atoms in total. The number of hydrogen-bond donors (Lipinski definition) is 1. The van der Waals surface area contributed by atoms with Gasteiger partial charge in [0.25, 0.3) is 0 Å². The van der Waals surface area contributed by atoms with E-state index >= 15 is 0 Å². The highest BCUT2D eigenvalue weighted by atomic mass is 16.6. The number of hydrogen-bond acceptors (Lipinski definition) is 3. The van der Waals surface area contributed by atoms with E-state index in [0.717, 1.165) is 0 Å². The first-order chi connectivity index (χ1) is 4.36. The quantitative estimate of drug-likeness (QED) is 0.479. The van der Waals surface area contributed by atoms with Crippen molar-refractivity contribution in [3.05, 3.63) is 0 Å². The van der Waals surface area contributed by atoms with Crippen molar-refractivity contribution >= 4 is 6.09 Å². The van der Waals surface area contributed by atoms with Crippen LogP contribution in [0.3, 0.4) is 0 Å². The molecule has 0 saturated carbocycles. The molecule has 1 amide bonds. The Balaban J connectivity index is 2.09. The topological polar surface area (TPSA) is 47.6 Å². The second-order valence-electron chi connectivity index (χ2n) is 2.23. The van der Waals surface area contributed by atoms with Crippen LogP contribution in [0.4, 0.5) is 4.79 Å². The van der Waals surface area contributed by atoms with Crippen LogP contribution < -0.4 is 5.32 Å². The first-order valence-corrected chi connectivity index (χ1v) is 2.91. The zero-order valence-corrected chi connectivity index (χ0v) is 4.79. The number of carbonyl (C=O) groups excluding carboxylic acids is 1. The fourth-order valence-corrected chi connectivity index (χ4v) is 1.11. The Kier molecular flexibility index (Phi) is 0.900.